The van der Waals surface area contributed by atoms with E-state index in [1.807, 2.05) is 6.07 Å². The van der Waals surface area contributed by atoms with Crippen LogP contribution in [0.2, 0.25) is 0 Å². The molecule has 0 spiro atoms. The summed E-state index contributed by atoms with van der Waals surface area (Å²) in [5.41, 5.74) is 2.75. The van der Waals surface area contributed by atoms with Crippen LogP contribution < -0.4 is 5.32 Å². The maximum atomic E-state index is 4.23. The Labute approximate surface area is 126 Å². The summed E-state index contributed by atoms with van der Waals surface area (Å²) in [6.07, 6.45) is 5.85. The Morgan fingerprint density at radius 3 is 2.62 bits per heavy atom. The Kier molecular flexibility index (Phi) is 4.46. The van der Waals surface area contributed by atoms with Gasteiger partial charge in [-0.15, -0.1) is 0 Å². The molecule has 110 valence electrons. The molecule has 4 nitrogen and oxygen atoms in total. The number of hydrogen-bond acceptors (Lipinski definition) is 4. The van der Waals surface area contributed by atoms with Gasteiger partial charge in [0.1, 0.15) is 0 Å². The molecule has 1 aliphatic heterocycles. The second kappa shape index (κ2) is 6.68. The number of likely N-dealkylation sites (tertiary alicyclic amines) is 1. The van der Waals surface area contributed by atoms with Crippen LogP contribution in [0.4, 0.5) is 5.95 Å². The second-order valence-corrected chi connectivity index (χ2v) is 5.76. The normalized spacial score (nSPS) is 16.8. The topological polar surface area (TPSA) is 41.0 Å². The van der Waals surface area contributed by atoms with Crippen molar-refractivity contribution in [2.24, 2.45) is 0 Å². The lowest BCUT2D eigenvalue weighted by Gasteiger charge is -2.32. The third-order valence-electron chi connectivity index (χ3n) is 3.98. The van der Waals surface area contributed by atoms with Crippen molar-refractivity contribution in [2.45, 2.75) is 32.4 Å². The maximum absolute atomic E-state index is 4.23. The lowest BCUT2D eigenvalue weighted by atomic mass is 10.0. The highest BCUT2D eigenvalue weighted by molar-refractivity contribution is 5.25. The van der Waals surface area contributed by atoms with E-state index in [2.05, 4.69) is 51.4 Å². The molecule has 0 saturated carbocycles. The minimum absolute atomic E-state index is 0.487. The van der Waals surface area contributed by atoms with Gasteiger partial charge in [-0.1, -0.05) is 29.8 Å². The van der Waals surface area contributed by atoms with Crippen LogP contribution in [-0.4, -0.2) is 34.0 Å². The molecule has 0 unspecified atom stereocenters. The van der Waals surface area contributed by atoms with E-state index < -0.39 is 0 Å². The van der Waals surface area contributed by atoms with Crippen LogP contribution in [0, 0.1) is 6.92 Å². The molecular formula is C17H22N4. The summed E-state index contributed by atoms with van der Waals surface area (Å²) in [7, 11) is 0. The number of nitrogens with one attached hydrogen (secondary N) is 1. The third-order valence-corrected chi connectivity index (χ3v) is 3.98. The molecule has 1 aromatic carbocycles. The van der Waals surface area contributed by atoms with Crippen molar-refractivity contribution >= 4 is 5.95 Å². The van der Waals surface area contributed by atoms with Gasteiger partial charge in [0.25, 0.3) is 0 Å². The summed E-state index contributed by atoms with van der Waals surface area (Å²) in [5, 5.41) is 3.43. The lowest BCUT2D eigenvalue weighted by Crippen LogP contribution is -2.38. The van der Waals surface area contributed by atoms with Crippen LogP contribution in [0.25, 0.3) is 0 Å². The van der Waals surface area contributed by atoms with Crippen LogP contribution in [0.1, 0.15) is 24.0 Å². The average molecular weight is 282 g/mol. The van der Waals surface area contributed by atoms with E-state index in [-0.39, 0.29) is 0 Å². The fourth-order valence-corrected chi connectivity index (χ4v) is 2.86. The van der Waals surface area contributed by atoms with Crippen LogP contribution >= 0.6 is 0 Å². The van der Waals surface area contributed by atoms with Crippen LogP contribution in [0.3, 0.4) is 0 Å². The highest BCUT2D eigenvalue weighted by atomic mass is 15.2. The largest absolute Gasteiger partial charge is 0.351 e. The quantitative estimate of drug-likeness (QED) is 0.936. The molecule has 2 aromatic rings. The monoisotopic (exact) mass is 282 g/mol. The fraction of sp³-hybridized carbons (Fsp3) is 0.412. The Morgan fingerprint density at radius 2 is 1.90 bits per heavy atom. The van der Waals surface area contributed by atoms with E-state index in [1.54, 1.807) is 12.4 Å². The summed E-state index contributed by atoms with van der Waals surface area (Å²) < 4.78 is 0. The summed E-state index contributed by atoms with van der Waals surface area (Å²) >= 11 is 0. The number of piperidine rings is 1. The van der Waals surface area contributed by atoms with Crippen molar-refractivity contribution in [1.82, 2.24) is 14.9 Å². The van der Waals surface area contributed by atoms with Gasteiger partial charge < -0.3 is 5.32 Å². The summed E-state index contributed by atoms with van der Waals surface area (Å²) in [6.45, 7) is 5.45. The number of rotatable bonds is 4. The van der Waals surface area contributed by atoms with E-state index in [4.69, 9.17) is 0 Å². The average Bonchev–Trinajstić information content (AvgIpc) is 2.50. The number of benzene rings is 1. The van der Waals surface area contributed by atoms with E-state index in [0.717, 1.165) is 38.4 Å². The molecule has 1 fully saturated rings. The first-order chi connectivity index (χ1) is 10.3. The van der Waals surface area contributed by atoms with E-state index in [0.29, 0.717) is 6.04 Å². The van der Waals surface area contributed by atoms with Gasteiger partial charge >= 0.3 is 0 Å². The zero-order chi connectivity index (χ0) is 14.5. The minimum atomic E-state index is 0.487. The third kappa shape index (κ3) is 4.02. The van der Waals surface area contributed by atoms with Crippen molar-refractivity contribution in [3.63, 3.8) is 0 Å². The molecule has 0 atom stereocenters. The Morgan fingerprint density at radius 1 is 1.14 bits per heavy atom. The van der Waals surface area contributed by atoms with Gasteiger partial charge in [0.05, 0.1) is 0 Å². The van der Waals surface area contributed by atoms with E-state index in [1.165, 1.54) is 11.1 Å². The van der Waals surface area contributed by atoms with E-state index in [9.17, 15) is 0 Å². The summed E-state index contributed by atoms with van der Waals surface area (Å²) in [4.78, 5) is 11.0. The number of anilines is 1. The highest BCUT2D eigenvalue weighted by Gasteiger charge is 2.19. The zero-order valence-corrected chi connectivity index (χ0v) is 12.5. The van der Waals surface area contributed by atoms with Crippen LogP contribution in [0.15, 0.2) is 42.7 Å². The molecule has 1 saturated heterocycles. The molecule has 21 heavy (non-hydrogen) atoms. The summed E-state index contributed by atoms with van der Waals surface area (Å²) in [6, 6.07) is 11.1. The van der Waals surface area contributed by atoms with Crippen molar-refractivity contribution in [2.75, 3.05) is 18.4 Å². The Bertz CT molecular complexity index is 562. The predicted molar refractivity (Wildman–Crippen MR) is 85.1 cm³/mol. The number of nitrogens with zero attached hydrogens (tertiary/aromatic N) is 3. The van der Waals surface area contributed by atoms with E-state index >= 15 is 0 Å². The molecule has 3 rings (SSSR count). The first-order valence-electron chi connectivity index (χ1n) is 7.61. The van der Waals surface area contributed by atoms with Gasteiger partial charge in [-0.3, -0.25) is 4.90 Å². The van der Waals surface area contributed by atoms with Gasteiger partial charge in [0.15, 0.2) is 0 Å². The minimum Gasteiger partial charge on any atom is -0.351 e. The molecule has 1 aromatic heterocycles. The first-order valence-corrected chi connectivity index (χ1v) is 7.61. The van der Waals surface area contributed by atoms with Gasteiger partial charge in [-0.2, -0.15) is 0 Å². The second-order valence-electron chi connectivity index (χ2n) is 5.76. The number of hydrogen-bond donors (Lipinski definition) is 1. The van der Waals surface area contributed by atoms with Gasteiger partial charge in [-0.25, -0.2) is 9.97 Å². The Balaban J connectivity index is 1.49. The van der Waals surface area contributed by atoms with Crippen molar-refractivity contribution < 1.29 is 0 Å². The molecular weight excluding hydrogens is 260 g/mol. The van der Waals surface area contributed by atoms with Crippen molar-refractivity contribution in [1.29, 1.82) is 0 Å². The Hall–Kier alpha value is -1.94. The van der Waals surface area contributed by atoms with Crippen LogP contribution in [-0.2, 0) is 6.54 Å². The highest BCUT2D eigenvalue weighted by Crippen LogP contribution is 2.16. The first kappa shape index (κ1) is 14.0. The molecule has 0 bridgehead atoms. The van der Waals surface area contributed by atoms with Crippen molar-refractivity contribution in [3.8, 4) is 0 Å². The predicted octanol–water partition coefficient (Wildman–Crippen LogP) is 2.86. The molecule has 1 aliphatic rings. The number of aryl methyl sites for hydroxylation is 1. The molecule has 2 heterocycles. The fourth-order valence-electron chi connectivity index (χ4n) is 2.86. The molecule has 4 heteroatoms. The maximum Gasteiger partial charge on any atom is 0.222 e. The standard InChI is InChI=1S/C17H22N4/c1-14-4-2-5-15(12-14)13-21-10-6-16(7-11-21)20-17-18-8-3-9-19-17/h2-5,8-9,12,16H,6-7,10-11,13H2,1H3,(H,18,19,20). The molecule has 0 amide bonds. The molecule has 1 N–H and O–H groups in total. The summed E-state index contributed by atoms with van der Waals surface area (Å²) in [5.74, 6) is 0.745. The SMILES string of the molecule is Cc1cccc(CN2CCC(Nc3ncccn3)CC2)c1. The zero-order valence-electron chi connectivity index (χ0n) is 12.5. The smallest absolute Gasteiger partial charge is 0.222 e. The lowest BCUT2D eigenvalue weighted by molar-refractivity contribution is 0.211. The van der Waals surface area contributed by atoms with Gasteiger partial charge in [-0.05, 0) is 31.4 Å². The van der Waals surface area contributed by atoms with Gasteiger partial charge in [0.2, 0.25) is 5.95 Å². The van der Waals surface area contributed by atoms with Gasteiger partial charge in [0, 0.05) is 38.1 Å². The number of aromatic nitrogens is 2. The van der Waals surface area contributed by atoms with Crippen LogP contribution in [0.5, 0.6) is 0 Å². The molecule has 0 radical (unpaired) electrons. The molecule has 0 aliphatic carbocycles. The van der Waals surface area contributed by atoms with Crippen molar-refractivity contribution in [3.05, 3.63) is 53.9 Å².